The summed E-state index contributed by atoms with van der Waals surface area (Å²) in [5, 5.41) is 26.0. The summed E-state index contributed by atoms with van der Waals surface area (Å²) in [7, 11) is 0. The third-order valence-electron chi connectivity index (χ3n) is 7.94. The van der Waals surface area contributed by atoms with E-state index in [0.717, 1.165) is 4.47 Å². The molecule has 2 fully saturated rings. The molecule has 3 aliphatic rings. The van der Waals surface area contributed by atoms with Crippen LogP contribution in [-0.2, 0) is 15.1 Å². The van der Waals surface area contributed by atoms with Crippen molar-refractivity contribution in [2.45, 2.75) is 17.5 Å². The number of nitro benzene ring substituents is 2. The minimum atomic E-state index is -1.38. The zero-order valence-corrected chi connectivity index (χ0v) is 25.0. The van der Waals surface area contributed by atoms with Gasteiger partial charge in [0.1, 0.15) is 5.54 Å². The molecule has 2 saturated heterocycles. The number of rotatable bonds is 6. The molecule has 3 heterocycles. The number of amides is 1. The molecule has 1 amide bonds. The Morgan fingerprint density at radius 3 is 2.49 bits per heavy atom. The quantitative estimate of drug-likeness (QED) is 0.181. The van der Waals surface area contributed by atoms with Gasteiger partial charge < -0.3 is 5.32 Å². The lowest BCUT2D eigenvalue weighted by atomic mass is 9.70. The fraction of sp³-hybridized carbons (Fsp3) is 0.214. The first-order chi connectivity index (χ1) is 19.6. The van der Waals surface area contributed by atoms with Crippen LogP contribution >= 0.6 is 43.6 Å². The van der Waals surface area contributed by atoms with Crippen LogP contribution in [0.3, 0.4) is 0 Å². The Morgan fingerprint density at radius 2 is 1.76 bits per heavy atom. The number of carbonyl (C=O) groups is 2. The molecule has 3 aromatic carbocycles. The smallest absolute Gasteiger partial charge is 0.270 e. The fourth-order valence-corrected chi connectivity index (χ4v) is 9.02. The third-order valence-corrected chi connectivity index (χ3v) is 10.1. The van der Waals surface area contributed by atoms with Crippen molar-refractivity contribution in [3.8, 4) is 0 Å². The second kappa shape index (κ2) is 10.5. The Labute approximate surface area is 254 Å². The monoisotopic (exact) mass is 698 g/mol. The summed E-state index contributed by atoms with van der Waals surface area (Å²) >= 11 is 8.74. The van der Waals surface area contributed by atoms with E-state index in [4.69, 9.17) is 0 Å². The van der Waals surface area contributed by atoms with Crippen LogP contribution in [0.25, 0.3) is 6.08 Å². The molecule has 3 aliphatic heterocycles. The van der Waals surface area contributed by atoms with Gasteiger partial charge in [-0.3, -0.25) is 34.7 Å². The van der Waals surface area contributed by atoms with E-state index < -0.39 is 27.2 Å². The molecule has 13 heteroatoms. The fourth-order valence-electron chi connectivity index (χ4n) is 6.37. The molecule has 0 bridgehead atoms. The first-order valence-corrected chi connectivity index (χ1v) is 15.2. The van der Waals surface area contributed by atoms with Crippen LogP contribution < -0.4 is 5.32 Å². The van der Waals surface area contributed by atoms with E-state index in [2.05, 4.69) is 42.1 Å². The Morgan fingerprint density at radius 1 is 1.05 bits per heavy atom. The zero-order chi connectivity index (χ0) is 29.1. The number of nitrogens with one attached hydrogen (secondary N) is 1. The number of hydrogen-bond donors (Lipinski definition) is 1. The Hall–Kier alpha value is -3.39. The standard InChI is InChI=1S/C28H20Br2N4O6S/c29-17-11-20-26(21(30)12-17)31-27(36)28(20)25(23(35)8-7-15-3-1-5-18(9-15)33(37)38)24(22-13-41-14-32(22)28)16-4-2-6-19(10-16)34(39)40/h1-12,22,24-25H,13-14H2,(H,31,36)/b8-7+/t22?,24-,25+,28?/m1/s1. The summed E-state index contributed by atoms with van der Waals surface area (Å²) < 4.78 is 1.38. The lowest BCUT2D eigenvalue weighted by Gasteiger charge is -2.36. The summed E-state index contributed by atoms with van der Waals surface area (Å²) in [6.07, 6.45) is 2.87. The summed E-state index contributed by atoms with van der Waals surface area (Å²) in [4.78, 5) is 52.6. The van der Waals surface area contributed by atoms with Crippen molar-refractivity contribution in [1.29, 1.82) is 0 Å². The van der Waals surface area contributed by atoms with Crippen molar-refractivity contribution in [1.82, 2.24) is 4.90 Å². The molecule has 1 N–H and O–H groups in total. The van der Waals surface area contributed by atoms with E-state index in [0.29, 0.717) is 38.5 Å². The second-order valence-corrected chi connectivity index (χ2v) is 12.8. The van der Waals surface area contributed by atoms with Crippen molar-refractivity contribution in [2.75, 3.05) is 16.9 Å². The van der Waals surface area contributed by atoms with Crippen molar-refractivity contribution in [3.63, 3.8) is 0 Å². The molecule has 0 aliphatic carbocycles. The van der Waals surface area contributed by atoms with Gasteiger partial charge in [-0.15, -0.1) is 11.8 Å². The molecule has 0 aromatic heterocycles. The average molecular weight is 700 g/mol. The van der Waals surface area contributed by atoms with Gasteiger partial charge in [-0.1, -0.05) is 46.3 Å². The lowest BCUT2D eigenvalue weighted by Crippen LogP contribution is -2.52. The molecular weight excluding hydrogens is 680 g/mol. The highest BCUT2D eigenvalue weighted by Crippen LogP contribution is 2.62. The van der Waals surface area contributed by atoms with Crippen LogP contribution in [0.5, 0.6) is 0 Å². The number of halogens is 2. The van der Waals surface area contributed by atoms with E-state index in [1.54, 1.807) is 30.0 Å². The highest BCUT2D eigenvalue weighted by atomic mass is 79.9. The molecular formula is C28H20Br2N4O6S. The van der Waals surface area contributed by atoms with E-state index in [1.807, 2.05) is 12.1 Å². The van der Waals surface area contributed by atoms with Gasteiger partial charge in [0.25, 0.3) is 11.4 Å². The molecule has 3 aromatic rings. The molecule has 208 valence electrons. The largest absolute Gasteiger partial charge is 0.323 e. The maximum absolute atomic E-state index is 14.4. The predicted octanol–water partition coefficient (Wildman–Crippen LogP) is 6.25. The number of benzene rings is 3. The van der Waals surface area contributed by atoms with Crippen molar-refractivity contribution < 1.29 is 19.4 Å². The van der Waals surface area contributed by atoms with Crippen LogP contribution in [0.15, 0.2) is 75.7 Å². The molecule has 1 spiro atoms. The number of carbonyl (C=O) groups excluding carboxylic acids is 2. The summed E-state index contributed by atoms with van der Waals surface area (Å²) in [6, 6.07) is 15.6. The van der Waals surface area contributed by atoms with E-state index in [9.17, 15) is 29.8 Å². The van der Waals surface area contributed by atoms with Gasteiger partial charge in [0.05, 0.1) is 21.5 Å². The van der Waals surface area contributed by atoms with Crippen LogP contribution in [0.4, 0.5) is 17.1 Å². The summed E-state index contributed by atoms with van der Waals surface area (Å²) in [6.45, 7) is 0. The number of hydrogen-bond acceptors (Lipinski definition) is 8. The second-order valence-electron chi connectivity index (χ2n) is 10.0. The first kappa shape index (κ1) is 27.8. The minimum absolute atomic E-state index is 0.0965. The number of anilines is 1. The molecule has 0 saturated carbocycles. The molecule has 4 atom stereocenters. The Balaban J connectivity index is 1.55. The topological polar surface area (TPSA) is 136 Å². The maximum Gasteiger partial charge on any atom is 0.270 e. The van der Waals surface area contributed by atoms with Crippen LogP contribution in [0, 0.1) is 26.1 Å². The third kappa shape index (κ3) is 4.42. The van der Waals surface area contributed by atoms with E-state index >= 15 is 0 Å². The van der Waals surface area contributed by atoms with Gasteiger partial charge >= 0.3 is 0 Å². The van der Waals surface area contributed by atoms with Crippen molar-refractivity contribution >= 4 is 78.5 Å². The SMILES string of the molecule is O=C(/C=C/c1cccc([N+](=O)[O-])c1)[C@H]1[C@H](c2cccc([N+](=O)[O-])c2)C2CSCN2C12C(=O)Nc1c(Br)cc(Br)cc12. The maximum atomic E-state index is 14.4. The lowest BCUT2D eigenvalue weighted by molar-refractivity contribution is -0.385. The number of ketones is 1. The van der Waals surface area contributed by atoms with Crippen LogP contribution in [0.1, 0.15) is 22.6 Å². The summed E-state index contributed by atoms with van der Waals surface area (Å²) in [5.41, 5.74) is 0.703. The van der Waals surface area contributed by atoms with Crippen molar-refractivity contribution in [3.05, 3.63) is 113 Å². The van der Waals surface area contributed by atoms with Crippen molar-refractivity contribution in [2.24, 2.45) is 5.92 Å². The first-order valence-electron chi connectivity index (χ1n) is 12.5. The molecule has 0 radical (unpaired) electrons. The van der Waals surface area contributed by atoms with E-state index in [-0.39, 0.29) is 29.1 Å². The molecule has 6 rings (SSSR count). The summed E-state index contributed by atoms with van der Waals surface area (Å²) in [5.74, 6) is -1.05. The van der Waals surface area contributed by atoms with Gasteiger partial charge in [-0.25, -0.2) is 0 Å². The number of allylic oxidation sites excluding steroid dienone is 1. The van der Waals surface area contributed by atoms with Gasteiger partial charge in [-0.05, 0) is 45.3 Å². The number of fused-ring (bicyclic) bond motifs is 4. The number of nitro groups is 2. The van der Waals surface area contributed by atoms with E-state index in [1.165, 1.54) is 42.5 Å². The molecule has 2 unspecified atom stereocenters. The van der Waals surface area contributed by atoms with Crippen LogP contribution in [0.2, 0.25) is 0 Å². The Kier molecular flexibility index (Phi) is 7.09. The van der Waals surface area contributed by atoms with Gasteiger partial charge in [0, 0.05) is 62.4 Å². The number of non-ortho nitro benzene ring substituents is 2. The number of thioether (sulfide) groups is 1. The van der Waals surface area contributed by atoms with Gasteiger partial charge in [0.15, 0.2) is 5.78 Å². The molecule has 10 nitrogen and oxygen atoms in total. The van der Waals surface area contributed by atoms with Gasteiger partial charge in [0.2, 0.25) is 5.91 Å². The van der Waals surface area contributed by atoms with Crippen LogP contribution in [-0.4, -0.2) is 44.1 Å². The minimum Gasteiger partial charge on any atom is -0.323 e. The molecule has 41 heavy (non-hydrogen) atoms. The van der Waals surface area contributed by atoms with Gasteiger partial charge in [-0.2, -0.15) is 0 Å². The zero-order valence-electron chi connectivity index (χ0n) is 21.0. The highest BCUT2D eigenvalue weighted by Gasteiger charge is 2.69. The highest BCUT2D eigenvalue weighted by molar-refractivity contribution is 9.11. The Bertz CT molecular complexity index is 1680. The predicted molar refractivity (Wildman–Crippen MR) is 162 cm³/mol. The number of nitrogens with zero attached hydrogens (tertiary/aromatic N) is 3. The average Bonchev–Trinajstić information content (AvgIpc) is 3.61. The normalized spacial score (nSPS) is 24.9.